The minimum atomic E-state index is -4.79. The van der Waals surface area contributed by atoms with Crippen molar-refractivity contribution in [3.8, 4) is 11.3 Å². The van der Waals surface area contributed by atoms with E-state index in [-0.39, 0.29) is 12.3 Å². The summed E-state index contributed by atoms with van der Waals surface area (Å²) in [6.45, 7) is 0.957. The second kappa shape index (κ2) is 9.13. The molecule has 1 aliphatic carbocycles. The first kappa shape index (κ1) is 23.8. The number of sulfonamides is 1. The molecule has 0 saturated carbocycles. The van der Waals surface area contributed by atoms with Crippen LogP contribution in [-0.2, 0) is 45.2 Å². The molecule has 1 N–H and O–H groups in total. The van der Waals surface area contributed by atoms with Gasteiger partial charge in [0, 0.05) is 5.56 Å². The van der Waals surface area contributed by atoms with Crippen molar-refractivity contribution in [2.24, 2.45) is 0 Å². The van der Waals surface area contributed by atoms with Crippen LogP contribution in [0.15, 0.2) is 54.6 Å². The average molecular weight is 494 g/mol. The zero-order valence-electron chi connectivity index (χ0n) is 18.2. The van der Waals surface area contributed by atoms with Crippen LogP contribution in [0.5, 0.6) is 0 Å². The number of halogens is 3. The Morgan fingerprint density at radius 2 is 1.82 bits per heavy atom. The number of esters is 1. The third-order valence-corrected chi connectivity index (χ3v) is 7.18. The molecule has 1 atom stereocenters. The van der Waals surface area contributed by atoms with Crippen LogP contribution < -0.4 is 4.83 Å². The van der Waals surface area contributed by atoms with E-state index < -0.39 is 33.1 Å². The van der Waals surface area contributed by atoms with Crippen LogP contribution in [0, 0.1) is 0 Å². The van der Waals surface area contributed by atoms with E-state index >= 15 is 0 Å². The highest BCUT2D eigenvalue weighted by atomic mass is 32.2. The van der Waals surface area contributed by atoms with Crippen molar-refractivity contribution >= 4 is 16.0 Å². The van der Waals surface area contributed by atoms with E-state index in [0.717, 1.165) is 43.4 Å². The quantitative estimate of drug-likeness (QED) is 0.502. The van der Waals surface area contributed by atoms with Crippen molar-refractivity contribution < 1.29 is 31.1 Å². The molecule has 2 aromatic carbocycles. The zero-order chi connectivity index (χ0) is 24.5. The smallest absolute Gasteiger partial charge is 0.435 e. The van der Waals surface area contributed by atoms with Gasteiger partial charge in [0.1, 0.15) is 6.61 Å². The summed E-state index contributed by atoms with van der Waals surface area (Å²) in [5.74, 6) is -1.04. The highest BCUT2D eigenvalue weighted by molar-refractivity contribution is 7.93. The maximum atomic E-state index is 13.4. The number of alkyl halides is 3. The van der Waals surface area contributed by atoms with Crippen LogP contribution in [-0.4, -0.2) is 29.5 Å². The molecule has 1 unspecified atom stereocenters. The van der Waals surface area contributed by atoms with Gasteiger partial charge < -0.3 is 4.74 Å². The molecule has 0 aliphatic heterocycles. The molecule has 0 saturated heterocycles. The molecule has 11 heteroatoms. The SMILES string of the molecule is CC(C(=O)OCc1ccccc1)S(=O)(=O)Nn1nc(C(F)(F)F)cc1-c1ccc2c(c1)CCC2. The Morgan fingerprint density at radius 3 is 2.53 bits per heavy atom. The van der Waals surface area contributed by atoms with Crippen molar-refractivity contribution in [3.05, 3.63) is 77.0 Å². The van der Waals surface area contributed by atoms with Crippen molar-refractivity contribution in [3.63, 3.8) is 0 Å². The van der Waals surface area contributed by atoms with Crippen LogP contribution >= 0.6 is 0 Å². The molecular formula is C23H22F3N3O4S. The summed E-state index contributed by atoms with van der Waals surface area (Å²) in [6, 6.07) is 14.6. The van der Waals surface area contributed by atoms with Crippen molar-refractivity contribution in [2.45, 2.75) is 44.2 Å². The molecule has 0 fully saturated rings. The van der Waals surface area contributed by atoms with Gasteiger partial charge in [-0.25, -0.2) is 13.2 Å². The number of fused-ring (bicyclic) bond motifs is 1. The summed E-state index contributed by atoms with van der Waals surface area (Å²) >= 11 is 0. The second-order valence-corrected chi connectivity index (χ2v) is 10.0. The highest BCUT2D eigenvalue weighted by Crippen LogP contribution is 2.33. The number of nitrogens with one attached hydrogen (secondary N) is 1. The summed E-state index contributed by atoms with van der Waals surface area (Å²) in [5.41, 5.74) is 1.81. The minimum absolute atomic E-state index is 0.0875. The number of rotatable bonds is 7. The number of benzene rings is 2. The topological polar surface area (TPSA) is 90.3 Å². The lowest BCUT2D eigenvalue weighted by Gasteiger charge is -2.16. The molecule has 0 spiro atoms. The normalized spacial score (nSPS) is 14.5. The van der Waals surface area contributed by atoms with E-state index in [0.29, 0.717) is 15.9 Å². The summed E-state index contributed by atoms with van der Waals surface area (Å²) < 4.78 is 70.8. The molecule has 0 bridgehead atoms. The molecule has 1 aliphatic rings. The maximum Gasteiger partial charge on any atom is 0.435 e. The van der Waals surface area contributed by atoms with E-state index in [1.165, 1.54) is 0 Å². The minimum Gasteiger partial charge on any atom is -0.460 e. The molecule has 7 nitrogen and oxygen atoms in total. The van der Waals surface area contributed by atoms with E-state index in [1.807, 2.05) is 10.9 Å². The van der Waals surface area contributed by atoms with Gasteiger partial charge in [0.2, 0.25) is 0 Å². The van der Waals surface area contributed by atoms with Gasteiger partial charge in [0.25, 0.3) is 10.0 Å². The zero-order valence-corrected chi connectivity index (χ0v) is 19.0. The van der Waals surface area contributed by atoms with Gasteiger partial charge in [-0.15, -0.1) is 5.10 Å². The Balaban J connectivity index is 1.59. The first-order valence-electron chi connectivity index (χ1n) is 10.6. The Bertz CT molecular complexity index is 1300. The molecular weight excluding hydrogens is 471 g/mol. The molecule has 3 aromatic rings. The number of aryl methyl sites for hydroxylation is 2. The lowest BCUT2D eigenvalue weighted by Crippen LogP contribution is -2.38. The molecule has 1 heterocycles. The van der Waals surface area contributed by atoms with E-state index in [4.69, 9.17) is 4.74 Å². The monoisotopic (exact) mass is 493 g/mol. The summed E-state index contributed by atoms with van der Waals surface area (Å²) in [4.78, 5) is 14.9. The first-order valence-corrected chi connectivity index (χ1v) is 12.1. The molecule has 1 aromatic heterocycles. The van der Waals surface area contributed by atoms with E-state index in [1.54, 1.807) is 42.5 Å². The van der Waals surface area contributed by atoms with E-state index in [9.17, 15) is 26.4 Å². The van der Waals surface area contributed by atoms with Crippen LogP contribution in [0.25, 0.3) is 11.3 Å². The van der Waals surface area contributed by atoms with Gasteiger partial charge >= 0.3 is 12.1 Å². The maximum absolute atomic E-state index is 13.4. The largest absolute Gasteiger partial charge is 0.460 e. The fraction of sp³-hybridized carbons (Fsp3) is 0.304. The predicted octanol–water partition coefficient (Wildman–Crippen LogP) is 4.06. The number of hydrogen-bond donors (Lipinski definition) is 1. The van der Waals surface area contributed by atoms with Gasteiger partial charge in [0.15, 0.2) is 10.9 Å². The third kappa shape index (κ3) is 5.09. The highest BCUT2D eigenvalue weighted by Gasteiger charge is 2.37. The summed E-state index contributed by atoms with van der Waals surface area (Å²) in [5, 5.41) is 1.73. The number of ether oxygens (including phenoxy) is 1. The number of carbonyl (C=O) groups excluding carboxylic acids is 1. The average Bonchev–Trinajstić information content (AvgIpc) is 3.43. The molecule has 4 rings (SSSR count). The van der Waals surface area contributed by atoms with Gasteiger partial charge in [-0.1, -0.05) is 42.5 Å². The second-order valence-electron chi connectivity index (χ2n) is 8.03. The van der Waals surface area contributed by atoms with Crippen LogP contribution in [0.3, 0.4) is 0 Å². The molecule has 0 amide bonds. The van der Waals surface area contributed by atoms with Crippen LogP contribution in [0.2, 0.25) is 0 Å². The van der Waals surface area contributed by atoms with Gasteiger partial charge in [0.05, 0.1) is 5.69 Å². The van der Waals surface area contributed by atoms with Gasteiger partial charge in [-0.05, 0) is 55.0 Å². The first-order chi connectivity index (χ1) is 16.0. The fourth-order valence-electron chi connectivity index (χ4n) is 3.70. The van der Waals surface area contributed by atoms with Crippen molar-refractivity contribution in [2.75, 3.05) is 4.83 Å². The molecule has 0 radical (unpaired) electrons. The lowest BCUT2D eigenvalue weighted by atomic mass is 10.0. The standard InChI is InChI=1S/C23H22F3N3O4S/c1-15(22(30)33-14-16-6-3-2-4-7-16)34(31,32)28-29-20(13-21(27-29)23(24,25)26)19-11-10-17-8-5-9-18(17)12-19/h2-4,6-7,10-13,15,28H,5,8-9,14H2,1H3. The summed E-state index contributed by atoms with van der Waals surface area (Å²) in [7, 11) is -4.48. The Morgan fingerprint density at radius 1 is 1.12 bits per heavy atom. The number of aromatic nitrogens is 2. The fourth-order valence-corrected chi connectivity index (χ4v) is 4.56. The van der Waals surface area contributed by atoms with Crippen LogP contribution in [0.4, 0.5) is 13.2 Å². The summed E-state index contributed by atoms with van der Waals surface area (Å²) in [6.07, 6.45) is -2.17. The third-order valence-electron chi connectivity index (χ3n) is 5.63. The molecule has 180 valence electrons. The lowest BCUT2D eigenvalue weighted by molar-refractivity contribution is -0.144. The van der Waals surface area contributed by atoms with Crippen molar-refractivity contribution in [1.29, 1.82) is 0 Å². The Kier molecular flexibility index (Phi) is 6.39. The van der Waals surface area contributed by atoms with Crippen LogP contribution in [0.1, 0.15) is 35.7 Å². The Hall–Kier alpha value is -3.34. The molecule has 34 heavy (non-hydrogen) atoms. The number of hydrogen-bond acceptors (Lipinski definition) is 5. The Labute approximate surface area is 194 Å². The number of nitrogens with zero attached hydrogens (tertiary/aromatic N) is 2. The van der Waals surface area contributed by atoms with Crippen molar-refractivity contribution in [1.82, 2.24) is 9.89 Å². The van der Waals surface area contributed by atoms with E-state index in [2.05, 4.69) is 5.10 Å². The van der Waals surface area contributed by atoms with Gasteiger partial charge in [-0.2, -0.15) is 18.0 Å². The predicted molar refractivity (Wildman–Crippen MR) is 119 cm³/mol. The number of carbonyl (C=O) groups is 1. The van der Waals surface area contributed by atoms with Gasteiger partial charge in [-0.3, -0.25) is 4.79 Å².